The van der Waals surface area contributed by atoms with Crippen LogP contribution in [0.25, 0.3) is 12.7 Å². The van der Waals surface area contributed by atoms with Gasteiger partial charge in [0.2, 0.25) is 0 Å². The molecule has 0 bridgehead atoms. The fourth-order valence-corrected chi connectivity index (χ4v) is 2.33. The third-order valence-corrected chi connectivity index (χ3v) is 3.59. The van der Waals surface area contributed by atoms with Gasteiger partial charge in [0, 0.05) is 0 Å². The van der Waals surface area contributed by atoms with E-state index in [9.17, 15) is 9.18 Å². The lowest BCUT2D eigenvalue weighted by atomic mass is 10.1. The normalized spacial score (nSPS) is 11.5. The molecule has 3 rings (SSSR count). The first kappa shape index (κ1) is 16.6. The van der Waals surface area contributed by atoms with Crippen LogP contribution in [-0.4, -0.2) is 12.3 Å². The van der Waals surface area contributed by atoms with Crippen molar-refractivity contribution in [3.05, 3.63) is 80.4 Å². The number of hydrogen-bond acceptors (Lipinski definition) is 4. The predicted octanol–water partition coefficient (Wildman–Crippen LogP) is 1.93. The highest BCUT2D eigenvalue weighted by Crippen LogP contribution is 2.29. The van der Waals surface area contributed by atoms with Crippen molar-refractivity contribution in [1.82, 2.24) is 5.16 Å². The molecule has 0 aliphatic rings. The summed E-state index contributed by atoms with van der Waals surface area (Å²) in [4.78, 5) is 11.6. The fourth-order valence-electron chi connectivity index (χ4n) is 2.33. The SMILES string of the molecule is C=c1[nH]oc(=O)c1=Cc1ccc(OCc2cccc(F)c2)c(OC)c1. The van der Waals surface area contributed by atoms with Crippen molar-refractivity contribution in [2.24, 2.45) is 0 Å². The summed E-state index contributed by atoms with van der Waals surface area (Å²) >= 11 is 0. The van der Waals surface area contributed by atoms with Crippen molar-refractivity contribution >= 4 is 12.7 Å². The molecule has 0 radical (unpaired) electrons. The molecule has 3 aromatic rings. The van der Waals surface area contributed by atoms with E-state index in [0.29, 0.717) is 27.6 Å². The number of rotatable bonds is 5. The summed E-state index contributed by atoms with van der Waals surface area (Å²) in [6, 6.07) is 11.4. The van der Waals surface area contributed by atoms with Gasteiger partial charge in [0.05, 0.1) is 17.7 Å². The maximum atomic E-state index is 13.2. The number of halogens is 1. The number of aromatic amines is 1. The Hall–Kier alpha value is -3.28. The third-order valence-electron chi connectivity index (χ3n) is 3.59. The van der Waals surface area contributed by atoms with Crippen LogP contribution in [0.3, 0.4) is 0 Å². The molecule has 0 atom stereocenters. The first-order valence-electron chi connectivity index (χ1n) is 7.50. The van der Waals surface area contributed by atoms with Gasteiger partial charge < -0.3 is 14.0 Å². The molecule has 0 unspecified atom stereocenters. The largest absolute Gasteiger partial charge is 0.493 e. The maximum Gasteiger partial charge on any atom is 0.365 e. The van der Waals surface area contributed by atoms with Gasteiger partial charge in [-0.05, 0) is 41.5 Å². The lowest BCUT2D eigenvalue weighted by Gasteiger charge is -2.11. The minimum Gasteiger partial charge on any atom is -0.493 e. The van der Waals surface area contributed by atoms with Crippen molar-refractivity contribution in [1.29, 1.82) is 0 Å². The number of aromatic nitrogens is 1. The number of methoxy groups -OCH3 is 1. The Morgan fingerprint density at radius 2 is 2.08 bits per heavy atom. The highest BCUT2D eigenvalue weighted by Gasteiger charge is 2.07. The average Bonchev–Trinajstić information content (AvgIpc) is 2.92. The van der Waals surface area contributed by atoms with Crippen LogP contribution < -0.4 is 25.7 Å². The van der Waals surface area contributed by atoms with Gasteiger partial charge in [-0.15, -0.1) is 0 Å². The molecule has 128 valence electrons. The summed E-state index contributed by atoms with van der Waals surface area (Å²) in [6.07, 6.45) is 1.64. The molecule has 1 N–H and O–H groups in total. The van der Waals surface area contributed by atoms with Crippen molar-refractivity contribution in [3.63, 3.8) is 0 Å². The Morgan fingerprint density at radius 3 is 2.76 bits per heavy atom. The Bertz CT molecular complexity index is 1020. The molecule has 0 fully saturated rings. The quantitative estimate of drug-likeness (QED) is 0.770. The highest BCUT2D eigenvalue weighted by atomic mass is 19.1. The smallest absolute Gasteiger partial charge is 0.365 e. The van der Waals surface area contributed by atoms with Gasteiger partial charge in [-0.2, -0.15) is 0 Å². The van der Waals surface area contributed by atoms with Gasteiger partial charge in [-0.3, -0.25) is 0 Å². The first-order chi connectivity index (χ1) is 12.1. The van der Waals surface area contributed by atoms with Gasteiger partial charge in [0.25, 0.3) is 0 Å². The minimum absolute atomic E-state index is 0.210. The summed E-state index contributed by atoms with van der Waals surface area (Å²) in [7, 11) is 1.52. The van der Waals surface area contributed by atoms with Crippen LogP contribution in [0, 0.1) is 5.82 Å². The van der Waals surface area contributed by atoms with E-state index in [1.54, 1.807) is 36.4 Å². The summed E-state index contributed by atoms with van der Waals surface area (Å²) in [5.41, 5.74) is 0.950. The van der Waals surface area contributed by atoms with E-state index in [-0.39, 0.29) is 12.4 Å². The van der Waals surface area contributed by atoms with E-state index >= 15 is 0 Å². The van der Waals surface area contributed by atoms with Crippen molar-refractivity contribution in [2.75, 3.05) is 7.11 Å². The van der Waals surface area contributed by atoms with Gasteiger partial charge in [-0.25, -0.2) is 14.3 Å². The van der Waals surface area contributed by atoms with E-state index in [1.807, 2.05) is 0 Å². The first-order valence-corrected chi connectivity index (χ1v) is 7.50. The van der Waals surface area contributed by atoms with Crippen LogP contribution in [0.15, 0.2) is 51.8 Å². The van der Waals surface area contributed by atoms with E-state index in [4.69, 9.17) is 9.47 Å². The summed E-state index contributed by atoms with van der Waals surface area (Å²) < 4.78 is 28.9. The number of H-pyrrole nitrogens is 1. The van der Waals surface area contributed by atoms with Crippen LogP contribution in [0.2, 0.25) is 0 Å². The second-order valence-electron chi connectivity index (χ2n) is 5.36. The highest BCUT2D eigenvalue weighted by molar-refractivity contribution is 5.55. The second kappa shape index (κ2) is 7.09. The zero-order valence-electron chi connectivity index (χ0n) is 13.5. The van der Waals surface area contributed by atoms with Gasteiger partial charge in [-0.1, -0.05) is 24.8 Å². The molecule has 0 aliphatic heterocycles. The fraction of sp³-hybridized carbons (Fsp3) is 0.105. The molecule has 0 saturated carbocycles. The molecule has 1 heterocycles. The van der Waals surface area contributed by atoms with E-state index in [2.05, 4.69) is 16.3 Å². The number of ether oxygens (including phenoxy) is 2. The summed E-state index contributed by atoms with van der Waals surface area (Å²) in [6.45, 7) is 3.91. The molecular formula is C19H16FNO4. The Balaban J connectivity index is 1.86. The van der Waals surface area contributed by atoms with Crippen LogP contribution in [0.1, 0.15) is 11.1 Å². The molecule has 2 aromatic carbocycles. The lowest BCUT2D eigenvalue weighted by Crippen LogP contribution is -2.31. The molecule has 1 aromatic heterocycles. The number of nitrogens with one attached hydrogen (secondary N) is 1. The monoisotopic (exact) mass is 341 g/mol. The van der Waals surface area contributed by atoms with Crippen molar-refractivity contribution < 1.29 is 18.4 Å². The molecule has 25 heavy (non-hydrogen) atoms. The molecule has 0 aliphatic carbocycles. The minimum atomic E-state index is -0.490. The molecule has 5 nitrogen and oxygen atoms in total. The van der Waals surface area contributed by atoms with Crippen LogP contribution in [0.4, 0.5) is 4.39 Å². The van der Waals surface area contributed by atoms with E-state index < -0.39 is 5.63 Å². The van der Waals surface area contributed by atoms with Gasteiger partial charge in [0.1, 0.15) is 12.4 Å². The summed E-state index contributed by atoms with van der Waals surface area (Å²) in [5, 5.41) is 3.17. The zero-order chi connectivity index (χ0) is 17.8. The van der Waals surface area contributed by atoms with Gasteiger partial charge >= 0.3 is 5.63 Å². The lowest BCUT2D eigenvalue weighted by molar-refractivity contribution is 0.284. The molecular weight excluding hydrogens is 325 g/mol. The molecule has 0 amide bonds. The zero-order valence-corrected chi connectivity index (χ0v) is 13.5. The topological polar surface area (TPSA) is 64.5 Å². The van der Waals surface area contributed by atoms with Crippen molar-refractivity contribution in [3.8, 4) is 11.5 Å². The van der Waals surface area contributed by atoms with E-state index in [1.165, 1.54) is 19.2 Å². The number of benzene rings is 2. The molecule has 0 spiro atoms. The maximum absolute atomic E-state index is 13.2. The standard InChI is InChI=1S/C19H16FNO4/c1-12-16(19(22)25-21-12)9-13-6-7-17(18(10-13)23-2)24-11-14-4-3-5-15(20)8-14/h3-10,21H,1,11H2,2H3. The average molecular weight is 341 g/mol. The predicted molar refractivity (Wildman–Crippen MR) is 91.4 cm³/mol. The Kier molecular flexibility index (Phi) is 4.70. The third kappa shape index (κ3) is 3.80. The van der Waals surface area contributed by atoms with Gasteiger partial charge in [0.15, 0.2) is 11.5 Å². The Morgan fingerprint density at radius 1 is 1.24 bits per heavy atom. The Labute approximate surface area is 142 Å². The summed E-state index contributed by atoms with van der Waals surface area (Å²) in [5.74, 6) is 0.697. The van der Waals surface area contributed by atoms with Crippen LogP contribution >= 0.6 is 0 Å². The van der Waals surface area contributed by atoms with Crippen LogP contribution in [-0.2, 0) is 6.61 Å². The molecule has 0 saturated heterocycles. The van der Waals surface area contributed by atoms with E-state index in [0.717, 1.165) is 5.56 Å². The number of hydrogen-bond donors (Lipinski definition) is 1. The van der Waals surface area contributed by atoms with Crippen molar-refractivity contribution in [2.45, 2.75) is 6.61 Å². The van der Waals surface area contributed by atoms with Crippen LogP contribution in [0.5, 0.6) is 11.5 Å². The second-order valence-corrected chi connectivity index (χ2v) is 5.36. The molecule has 6 heteroatoms.